The highest BCUT2D eigenvalue weighted by Crippen LogP contribution is 2.00. The monoisotopic (exact) mass is 170 g/mol. The van der Waals surface area contributed by atoms with Crippen molar-refractivity contribution < 1.29 is 0 Å². The fourth-order valence-electron chi connectivity index (χ4n) is 0.875. The van der Waals surface area contributed by atoms with Gasteiger partial charge in [0, 0.05) is 18.8 Å². The van der Waals surface area contributed by atoms with E-state index in [9.17, 15) is 0 Å². The topological polar surface area (TPSA) is 15.6 Å². The maximum Gasteiger partial charge on any atom is 0.0375 e. The van der Waals surface area contributed by atoms with Crippen molar-refractivity contribution >= 4 is 5.71 Å². The molecule has 0 fully saturated rings. The Kier molecular flexibility index (Phi) is 5.77. The highest BCUT2D eigenvalue weighted by molar-refractivity contribution is 5.83. The van der Waals surface area contributed by atoms with Gasteiger partial charge in [0.1, 0.15) is 0 Å². The maximum absolute atomic E-state index is 4.53. The molecule has 0 saturated carbocycles. The highest BCUT2D eigenvalue weighted by atomic mass is 15.4. The molecule has 2 heteroatoms. The largest absolute Gasteiger partial charge is 0.297 e. The second-order valence-electron chi connectivity index (χ2n) is 3.44. The van der Waals surface area contributed by atoms with Crippen LogP contribution in [0.15, 0.2) is 5.10 Å². The van der Waals surface area contributed by atoms with Crippen LogP contribution in [0.2, 0.25) is 0 Å². The first-order chi connectivity index (χ1) is 5.61. The lowest BCUT2D eigenvalue weighted by Gasteiger charge is -2.18. The zero-order valence-corrected chi connectivity index (χ0v) is 9.09. The molecule has 0 spiro atoms. The molecule has 0 N–H and O–H groups in total. The van der Waals surface area contributed by atoms with Crippen molar-refractivity contribution in [2.45, 2.75) is 41.0 Å². The number of rotatable bonds is 5. The van der Waals surface area contributed by atoms with E-state index in [1.165, 1.54) is 12.1 Å². The summed E-state index contributed by atoms with van der Waals surface area (Å²) < 4.78 is 0. The second kappa shape index (κ2) is 6.04. The van der Waals surface area contributed by atoms with Crippen LogP contribution >= 0.6 is 0 Å². The van der Waals surface area contributed by atoms with Crippen molar-refractivity contribution in [1.82, 2.24) is 5.01 Å². The molecule has 2 nitrogen and oxygen atoms in total. The molecular formula is C10H22N2. The summed E-state index contributed by atoms with van der Waals surface area (Å²) in [5.41, 5.74) is 1.23. The van der Waals surface area contributed by atoms with E-state index < -0.39 is 0 Å². The van der Waals surface area contributed by atoms with Crippen LogP contribution in [0.1, 0.15) is 41.0 Å². The fourth-order valence-corrected chi connectivity index (χ4v) is 0.875. The molecule has 12 heavy (non-hydrogen) atoms. The molecule has 0 radical (unpaired) electrons. The Morgan fingerprint density at radius 1 is 1.33 bits per heavy atom. The van der Waals surface area contributed by atoms with E-state index in [2.05, 4.69) is 44.7 Å². The van der Waals surface area contributed by atoms with Gasteiger partial charge in [-0.2, -0.15) is 5.10 Å². The molecule has 0 aromatic heterocycles. The molecule has 0 amide bonds. The van der Waals surface area contributed by atoms with Crippen molar-refractivity contribution in [1.29, 1.82) is 0 Å². The van der Waals surface area contributed by atoms with Gasteiger partial charge in [0.2, 0.25) is 0 Å². The number of hydrazone groups is 1. The Morgan fingerprint density at radius 3 is 2.25 bits per heavy atom. The molecule has 0 atom stereocenters. The molecule has 0 unspecified atom stereocenters. The van der Waals surface area contributed by atoms with Crippen LogP contribution in [0, 0.1) is 5.92 Å². The summed E-state index contributed by atoms with van der Waals surface area (Å²) in [4.78, 5) is 0. The van der Waals surface area contributed by atoms with Crippen LogP contribution in [-0.4, -0.2) is 23.8 Å². The summed E-state index contributed by atoms with van der Waals surface area (Å²) in [5.74, 6) is 0.566. The van der Waals surface area contributed by atoms with E-state index in [1.54, 1.807) is 0 Å². The minimum atomic E-state index is 0.566. The van der Waals surface area contributed by atoms with Crippen LogP contribution < -0.4 is 0 Å². The minimum Gasteiger partial charge on any atom is -0.297 e. The van der Waals surface area contributed by atoms with E-state index in [-0.39, 0.29) is 0 Å². The lowest BCUT2D eigenvalue weighted by molar-refractivity contribution is 0.302. The molecule has 0 heterocycles. The third-order valence-corrected chi connectivity index (χ3v) is 1.98. The normalized spacial score (nSPS) is 12.3. The zero-order valence-electron chi connectivity index (χ0n) is 9.09. The van der Waals surface area contributed by atoms with Crippen molar-refractivity contribution in [3.63, 3.8) is 0 Å². The highest BCUT2D eigenvalue weighted by Gasteiger charge is 2.00. The molecule has 0 aliphatic carbocycles. The molecule has 0 aliphatic rings. The summed E-state index contributed by atoms with van der Waals surface area (Å²) in [5, 5.41) is 6.67. The quantitative estimate of drug-likeness (QED) is 0.457. The summed E-state index contributed by atoms with van der Waals surface area (Å²) in [7, 11) is 0. The number of hydrogen-bond acceptors (Lipinski definition) is 2. The van der Waals surface area contributed by atoms with Gasteiger partial charge < -0.3 is 0 Å². The predicted molar refractivity (Wildman–Crippen MR) is 55.5 cm³/mol. The Bertz CT molecular complexity index is 139. The predicted octanol–water partition coefficient (Wildman–Crippen LogP) is 2.75. The van der Waals surface area contributed by atoms with Gasteiger partial charge >= 0.3 is 0 Å². The van der Waals surface area contributed by atoms with E-state index >= 15 is 0 Å². The minimum absolute atomic E-state index is 0.566. The molecule has 0 rings (SSSR count). The van der Waals surface area contributed by atoms with Crippen molar-refractivity contribution in [2.24, 2.45) is 11.0 Å². The first-order valence-corrected chi connectivity index (χ1v) is 4.91. The third-order valence-electron chi connectivity index (χ3n) is 1.98. The average Bonchev–Trinajstić information content (AvgIpc) is 2.03. The van der Waals surface area contributed by atoms with E-state index in [0.717, 1.165) is 13.1 Å². The van der Waals surface area contributed by atoms with Gasteiger partial charge in [0.05, 0.1) is 0 Å². The summed E-state index contributed by atoms with van der Waals surface area (Å²) in [6.45, 7) is 12.9. The van der Waals surface area contributed by atoms with E-state index in [0.29, 0.717) is 5.92 Å². The Labute approximate surface area is 76.6 Å². The lowest BCUT2D eigenvalue weighted by Crippen LogP contribution is -2.20. The summed E-state index contributed by atoms with van der Waals surface area (Å²) in [6.07, 6.45) is 1.17. The number of hydrogen-bond donors (Lipinski definition) is 0. The summed E-state index contributed by atoms with van der Waals surface area (Å²) in [6, 6.07) is 0. The molecule has 0 aromatic rings. The zero-order chi connectivity index (χ0) is 9.56. The SMILES string of the molecule is CCCN(CC)/N=C(\C)C(C)C. The van der Waals surface area contributed by atoms with E-state index in [1.807, 2.05) is 0 Å². The Hall–Kier alpha value is -0.530. The third kappa shape index (κ3) is 4.37. The van der Waals surface area contributed by atoms with E-state index in [4.69, 9.17) is 0 Å². The molecule has 0 aliphatic heterocycles. The van der Waals surface area contributed by atoms with Gasteiger partial charge in [-0.05, 0) is 26.2 Å². The van der Waals surface area contributed by atoms with Gasteiger partial charge in [-0.25, -0.2) is 0 Å². The first-order valence-electron chi connectivity index (χ1n) is 4.91. The van der Waals surface area contributed by atoms with Crippen LogP contribution in [-0.2, 0) is 0 Å². The first kappa shape index (κ1) is 11.5. The van der Waals surface area contributed by atoms with Gasteiger partial charge in [0.15, 0.2) is 0 Å². The molecule has 0 bridgehead atoms. The van der Waals surface area contributed by atoms with Crippen molar-refractivity contribution in [3.05, 3.63) is 0 Å². The molecular weight excluding hydrogens is 148 g/mol. The number of nitrogens with zero attached hydrogens (tertiary/aromatic N) is 2. The van der Waals surface area contributed by atoms with Crippen LogP contribution in [0.4, 0.5) is 0 Å². The Balaban J connectivity index is 4.05. The van der Waals surface area contributed by atoms with Gasteiger partial charge in [-0.3, -0.25) is 5.01 Å². The summed E-state index contributed by atoms with van der Waals surface area (Å²) >= 11 is 0. The van der Waals surface area contributed by atoms with Crippen molar-refractivity contribution in [3.8, 4) is 0 Å². The van der Waals surface area contributed by atoms with Gasteiger partial charge in [0.25, 0.3) is 0 Å². The van der Waals surface area contributed by atoms with Crippen LogP contribution in [0.3, 0.4) is 0 Å². The fraction of sp³-hybridized carbons (Fsp3) is 0.900. The van der Waals surface area contributed by atoms with Crippen LogP contribution in [0.5, 0.6) is 0 Å². The molecule has 0 saturated heterocycles. The van der Waals surface area contributed by atoms with Gasteiger partial charge in [-0.15, -0.1) is 0 Å². The van der Waals surface area contributed by atoms with Crippen LogP contribution in [0.25, 0.3) is 0 Å². The standard InChI is InChI=1S/C10H22N2/c1-6-8-12(7-2)11-10(5)9(3)4/h9H,6-8H2,1-5H3/b11-10+. The average molecular weight is 170 g/mol. The molecule has 72 valence electrons. The molecule has 0 aromatic carbocycles. The lowest BCUT2D eigenvalue weighted by atomic mass is 10.1. The second-order valence-corrected chi connectivity index (χ2v) is 3.44. The smallest absolute Gasteiger partial charge is 0.0375 e. The van der Waals surface area contributed by atoms with Gasteiger partial charge in [-0.1, -0.05) is 20.8 Å². The Morgan fingerprint density at radius 2 is 1.92 bits per heavy atom. The maximum atomic E-state index is 4.53. The van der Waals surface area contributed by atoms with Crippen molar-refractivity contribution in [2.75, 3.05) is 13.1 Å².